The van der Waals surface area contributed by atoms with Crippen LogP contribution in [0.5, 0.6) is 0 Å². The highest BCUT2D eigenvalue weighted by molar-refractivity contribution is 7.45. The van der Waals surface area contributed by atoms with Crippen LogP contribution in [0.25, 0.3) is 0 Å². The van der Waals surface area contributed by atoms with E-state index in [2.05, 4.69) is 74.6 Å². The van der Waals surface area contributed by atoms with Gasteiger partial charge >= 0.3 is 11.9 Å². The van der Waals surface area contributed by atoms with Crippen LogP contribution in [0, 0.1) is 0 Å². The van der Waals surface area contributed by atoms with Gasteiger partial charge in [0, 0.05) is 12.8 Å². The van der Waals surface area contributed by atoms with Crippen molar-refractivity contribution in [2.45, 2.75) is 354 Å². The molecule has 0 aliphatic carbocycles. The highest BCUT2D eigenvalue weighted by Gasteiger charge is 2.22. The van der Waals surface area contributed by atoms with Crippen LogP contribution >= 0.6 is 7.82 Å². The van der Waals surface area contributed by atoms with E-state index in [1.54, 1.807) is 0 Å². The zero-order valence-corrected chi connectivity index (χ0v) is 57.0. The fourth-order valence-electron chi connectivity index (χ4n) is 10.5. The number of unbranched alkanes of at least 4 members (excludes halogenated alkanes) is 43. The standard InChI is InChI=1S/C74H138NO8P/c1-6-8-10-12-14-16-18-20-22-24-26-27-28-29-30-31-32-33-34-35-36-37-38-39-40-41-42-43-44-45-46-47-49-50-52-54-56-58-60-62-64-66-73(76)80-70-72(71-82-84(78,79)81-69-68-75(3,4)5)83-74(77)67-65-63-61-59-57-55-53-51-48-25-23-21-19-17-15-13-11-9-7-2/h9,11,15,17,21,23-24,26,48,51,72H,6-8,10,12-14,16,18-20,22,25,27-47,49-50,52-71H2,1-5H3/b11-9-,17-15-,23-21-,26-24-,51-48-. The molecule has 0 saturated carbocycles. The van der Waals surface area contributed by atoms with Gasteiger partial charge in [-0.05, 0) is 77.0 Å². The first-order valence-corrected chi connectivity index (χ1v) is 37.5. The Balaban J connectivity index is 3.87. The average molecular weight is 1200 g/mol. The van der Waals surface area contributed by atoms with Crippen LogP contribution in [-0.4, -0.2) is 70.0 Å². The lowest BCUT2D eigenvalue weighted by atomic mass is 10.0. The number of rotatable bonds is 67. The van der Waals surface area contributed by atoms with E-state index in [9.17, 15) is 19.0 Å². The molecule has 0 N–H and O–H groups in total. The average Bonchev–Trinajstić information content (AvgIpc) is 3.61. The molecule has 0 aromatic carbocycles. The molecule has 10 heteroatoms. The maximum Gasteiger partial charge on any atom is 0.306 e. The van der Waals surface area contributed by atoms with Crippen LogP contribution in [0.4, 0.5) is 0 Å². The third kappa shape index (κ3) is 68.8. The number of carbonyl (C=O) groups excluding carboxylic acids is 2. The second-order valence-corrected chi connectivity index (χ2v) is 27.0. The number of esters is 2. The van der Waals surface area contributed by atoms with Crippen LogP contribution in [0.15, 0.2) is 60.8 Å². The predicted molar refractivity (Wildman–Crippen MR) is 360 cm³/mol. The van der Waals surface area contributed by atoms with Crippen molar-refractivity contribution >= 4 is 19.8 Å². The molecule has 2 atom stereocenters. The van der Waals surface area contributed by atoms with Crippen molar-refractivity contribution in [2.24, 2.45) is 0 Å². The highest BCUT2D eigenvalue weighted by atomic mass is 31.2. The maximum absolute atomic E-state index is 12.8. The van der Waals surface area contributed by atoms with Gasteiger partial charge in [-0.3, -0.25) is 14.2 Å². The molecule has 492 valence electrons. The summed E-state index contributed by atoms with van der Waals surface area (Å²) in [7, 11) is 1.16. The Morgan fingerprint density at radius 2 is 0.679 bits per heavy atom. The molecular weight excluding hydrogens is 1060 g/mol. The van der Waals surface area contributed by atoms with E-state index in [4.69, 9.17) is 18.5 Å². The number of carbonyl (C=O) groups is 2. The van der Waals surface area contributed by atoms with Crippen molar-refractivity contribution in [3.8, 4) is 0 Å². The van der Waals surface area contributed by atoms with E-state index < -0.39 is 26.5 Å². The summed E-state index contributed by atoms with van der Waals surface area (Å²) in [6.07, 6.45) is 86.3. The number of quaternary nitrogens is 1. The van der Waals surface area contributed by atoms with Crippen LogP contribution in [0.1, 0.15) is 348 Å². The van der Waals surface area contributed by atoms with Crippen molar-refractivity contribution in [1.82, 2.24) is 0 Å². The Bertz CT molecular complexity index is 1600. The first-order valence-electron chi connectivity index (χ1n) is 36.0. The maximum atomic E-state index is 12.8. The largest absolute Gasteiger partial charge is 0.756 e. The quantitative estimate of drug-likeness (QED) is 0.0195. The summed E-state index contributed by atoms with van der Waals surface area (Å²) < 4.78 is 34.2. The fourth-order valence-corrected chi connectivity index (χ4v) is 11.3. The molecule has 0 rings (SSSR count). The van der Waals surface area contributed by atoms with E-state index in [0.717, 1.165) is 83.5 Å². The Hall–Kier alpha value is -2.29. The van der Waals surface area contributed by atoms with Gasteiger partial charge in [-0.25, -0.2) is 0 Å². The molecule has 84 heavy (non-hydrogen) atoms. The number of phosphoric acid groups is 1. The van der Waals surface area contributed by atoms with Gasteiger partial charge in [0.2, 0.25) is 0 Å². The Kier molecular flexibility index (Phi) is 63.4. The molecule has 0 spiro atoms. The minimum atomic E-state index is -4.64. The Labute approximate surface area is 521 Å². The molecule has 9 nitrogen and oxygen atoms in total. The van der Waals surface area contributed by atoms with Gasteiger partial charge in [-0.2, -0.15) is 0 Å². The molecular formula is C74H138NO8P. The van der Waals surface area contributed by atoms with Crippen molar-refractivity contribution < 1.29 is 42.1 Å². The lowest BCUT2D eigenvalue weighted by Gasteiger charge is -2.28. The smallest absolute Gasteiger partial charge is 0.306 e. The van der Waals surface area contributed by atoms with Gasteiger partial charge in [0.25, 0.3) is 7.82 Å². The number of allylic oxidation sites excluding steroid dienone is 10. The van der Waals surface area contributed by atoms with E-state index in [1.165, 1.54) is 231 Å². The van der Waals surface area contributed by atoms with Gasteiger partial charge in [-0.1, -0.05) is 319 Å². The summed E-state index contributed by atoms with van der Waals surface area (Å²) in [5, 5.41) is 0. The molecule has 0 radical (unpaired) electrons. The topological polar surface area (TPSA) is 111 Å². The summed E-state index contributed by atoms with van der Waals surface area (Å²) in [4.78, 5) is 38.0. The third-order valence-corrected chi connectivity index (χ3v) is 17.0. The van der Waals surface area contributed by atoms with E-state index >= 15 is 0 Å². The second-order valence-electron chi connectivity index (χ2n) is 25.6. The highest BCUT2D eigenvalue weighted by Crippen LogP contribution is 2.38. The summed E-state index contributed by atoms with van der Waals surface area (Å²) in [6.45, 7) is 4.15. The second kappa shape index (κ2) is 65.2. The number of ether oxygens (including phenoxy) is 2. The molecule has 0 bridgehead atoms. The molecule has 0 aliphatic rings. The van der Waals surface area contributed by atoms with Gasteiger partial charge in [0.05, 0.1) is 27.7 Å². The fraction of sp³-hybridized carbons (Fsp3) is 0.838. The molecule has 0 aliphatic heterocycles. The molecule has 0 amide bonds. The monoisotopic (exact) mass is 1200 g/mol. The van der Waals surface area contributed by atoms with Crippen LogP contribution in [0.3, 0.4) is 0 Å². The zero-order chi connectivity index (χ0) is 61.2. The summed E-state index contributed by atoms with van der Waals surface area (Å²) >= 11 is 0. The van der Waals surface area contributed by atoms with Crippen molar-refractivity contribution in [2.75, 3.05) is 47.5 Å². The minimum Gasteiger partial charge on any atom is -0.756 e. The van der Waals surface area contributed by atoms with Gasteiger partial charge < -0.3 is 27.9 Å². The first-order chi connectivity index (χ1) is 41.0. The van der Waals surface area contributed by atoms with Crippen LogP contribution in [-0.2, 0) is 32.7 Å². The summed E-state index contributed by atoms with van der Waals surface area (Å²) in [6, 6.07) is 0. The molecule has 0 aromatic rings. The number of nitrogens with zero attached hydrogens (tertiary/aromatic N) is 1. The third-order valence-electron chi connectivity index (χ3n) is 16.0. The van der Waals surface area contributed by atoms with Gasteiger partial charge in [0.1, 0.15) is 19.8 Å². The summed E-state index contributed by atoms with van der Waals surface area (Å²) in [5.74, 6) is -0.837. The normalized spacial score (nSPS) is 13.5. The van der Waals surface area contributed by atoms with Gasteiger partial charge in [0.15, 0.2) is 6.10 Å². The van der Waals surface area contributed by atoms with Crippen molar-refractivity contribution in [3.05, 3.63) is 60.8 Å². The van der Waals surface area contributed by atoms with E-state index in [0.29, 0.717) is 17.4 Å². The SMILES string of the molecule is CC/C=C\C/C=C\C/C=C\C/C=C\CCCCCCCCC(=O)OC(COC(=O)CCCCCCCCCCCCCCCCCCCCCCCCCCCCCCC/C=C\CCCCCCCCCC)COP(=O)([O-])OCC[N+](C)(C)C. The number of likely N-dealkylation sites (N-methyl/N-ethyl adjacent to an activating group) is 1. The lowest BCUT2D eigenvalue weighted by molar-refractivity contribution is -0.870. The van der Waals surface area contributed by atoms with Gasteiger partial charge in [-0.15, -0.1) is 0 Å². The van der Waals surface area contributed by atoms with E-state index in [1.807, 2.05) is 21.1 Å². The number of hydrogen-bond donors (Lipinski definition) is 0. The zero-order valence-electron chi connectivity index (χ0n) is 56.1. The van der Waals surface area contributed by atoms with Crippen molar-refractivity contribution in [1.29, 1.82) is 0 Å². The lowest BCUT2D eigenvalue weighted by Crippen LogP contribution is -2.37. The Morgan fingerprint density at radius 3 is 1.02 bits per heavy atom. The molecule has 0 heterocycles. The molecule has 0 aromatic heterocycles. The number of phosphoric ester groups is 1. The number of hydrogen-bond acceptors (Lipinski definition) is 8. The first kappa shape index (κ1) is 81.7. The molecule has 0 fully saturated rings. The van der Waals surface area contributed by atoms with Crippen LogP contribution < -0.4 is 4.89 Å². The predicted octanol–water partition coefficient (Wildman–Crippen LogP) is 22.8. The minimum absolute atomic E-state index is 0.0343. The van der Waals surface area contributed by atoms with E-state index in [-0.39, 0.29) is 32.0 Å². The van der Waals surface area contributed by atoms with Crippen LogP contribution in [0.2, 0.25) is 0 Å². The molecule has 0 saturated heterocycles. The molecule has 2 unspecified atom stereocenters. The Morgan fingerprint density at radius 1 is 0.381 bits per heavy atom. The van der Waals surface area contributed by atoms with Crippen molar-refractivity contribution in [3.63, 3.8) is 0 Å². The summed E-state index contributed by atoms with van der Waals surface area (Å²) in [5.41, 5.74) is 0.